The lowest BCUT2D eigenvalue weighted by atomic mass is 10.0. The fourth-order valence-electron chi connectivity index (χ4n) is 3.19. The number of piperidine rings is 1. The number of aromatic nitrogens is 3. The monoisotopic (exact) mass is 283 g/mol. The van der Waals surface area contributed by atoms with E-state index in [9.17, 15) is 4.79 Å². The average molecular weight is 283 g/mol. The Labute approximate surface area is 122 Å². The zero-order valence-corrected chi connectivity index (χ0v) is 11.6. The summed E-state index contributed by atoms with van der Waals surface area (Å²) in [5.41, 5.74) is 1.93. The summed E-state index contributed by atoms with van der Waals surface area (Å²) in [7, 11) is 0. The summed E-state index contributed by atoms with van der Waals surface area (Å²) in [6.45, 7) is 1.53. The van der Waals surface area contributed by atoms with Gasteiger partial charge in [0.2, 0.25) is 0 Å². The van der Waals surface area contributed by atoms with Crippen LogP contribution in [-0.2, 0) is 6.54 Å². The van der Waals surface area contributed by atoms with Crippen LogP contribution in [0.15, 0.2) is 36.5 Å². The molecule has 2 fully saturated rings. The van der Waals surface area contributed by atoms with Crippen LogP contribution in [0.4, 0.5) is 4.79 Å². The predicted octanol–water partition coefficient (Wildman–Crippen LogP) is 1.50. The van der Waals surface area contributed by atoms with Gasteiger partial charge in [-0.15, -0.1) is 5.10 Å². The molecule has 2 aliphatic rings. The molecular weight excluding hydrogens is 266 g/mol. The van der Waals surface area contributed by atoms with Crippen molar-refractivity contribution in [1.82, 2.24) is 25.2 Å². The molecule has 0 unspecified atom stereocenters. The minimum absolute atomic E-state index is 0.0610. The van der Waals surface area contributed by atoms with Crippen LogP contribution in [0.2, 0.25) is 0 Å². The van der Waals surface area contributed by atoms with Gasteiger partial charge in [0.15, 0.2) is 0 Å². The topological polar surface area (TPSA) is 63.1 Å². The van der Waals surface area contributed by atoms with Gasteiger partial charge in [0.05, 0.1) is 18.8 Å². The first kappa shape index (κ1) is 12.4. The summed E-state index contributed by atoms with van der Waals surface area (Å²) in [5, 5.41) is 11.4. The Kier molecular flexibility index (Phi) is 2.87. The van der Waals surface area contributed by atoms with Crippen molar-refractivity contribution in [3.05, 3.63) is 36.5 Å². The zero-order valence-electron chi connectivity index (χ0n) is 11.6. The second kappa shape index (κ2) is 4.87. The Morgan fingerprint density at radius 1 is 1.24 bits per heavy atom. The van der Waals surface area contributed by atoms with Crippen LogP contribution >= 0.6 is 0 Å². The highest BCUT2D eigenvalue weighted by molar-refractivity contribution is 5.77. The van der Waals surface area contributed by atoms with E-state index in [1.807, 2.05) is 46.1 Å². The maximum atomic E-state index is 11.9. The number of hydrogen-bond donors (Lipinski definition) is 1. The molecule has 4 rings (SSSR count). The van der Waals surface area contributed by atoms with E-state index in [2.05, 4.69) is 15.6 Å². The molecule has 1 N–H and O–H groups in total. The number of nitrogens with zero attached hydrogens (tertiary/aromatic N) is 4. The van der Waals surface area contributed by atoms with E-state index >= 15 is 0 Å². The van der Waals surface area contributed by atoms with Crippen molar-refractivity contribution in [3.63, 3.8) is 0 Å². The molecule has 2 aromatic rings. The number of carbonyl (C=O) groups excluding carboxylic acids is 1. The largest absolute Gasteiger partial charge is 0.333 e. The summed E-state index contributed by atoms with van der Waals surface area (Å²) in [4.78, 5) is 13.8. The first-order valence-electron chi connectivity index (χ1n) is 7.32. The van der Waals surface area contributed by atoms with Gasteiger partial charge in [0.25, 0.3) is 0 Å². The predicted molar refractivity (Wildman–Crippen MR) is 77.5 cm³/mol. The molecule has 2 atom stereocenters. The van der Waals surface area contributed by atoms with Gasteiger partial charge in [-0.2, -0.15) is 0 Å². The molecule has 6 nitrogen and oxygen atoms in total. The van der Waals surface area contributed by atoms with E-state index in [1.54, 1.807) is 0 Å². The third kappa shape index (κ3) is 2.26. The smallest absolute Gasteiger partial charge is 0.318 e. The van der Waals surface area contributed by atoms with Crippen molar-refractivity contribution in [3.8, 4) is 11.3 Å². The van der Waals surface area contributed by atoms with Crippen LogP contribution in [0.1, 0.15) is 12.8 Å². The number of urea groups is 1. The Balaban J connectivity index is 1.51. The number of nitrogens with one attached hydrogen (secondary N) is 1. The number of fused-ring (bicyclic) bond motifs is 2. The van der Waals surface area contributed by atoms with Crippen LogP contribution in [0, 0.1) is 0 Å². The highest BCUT2D eigenvalue weighted by atomic mass is 16.2. The van der Waals surface area contributed by atoms with Crippen LogP contribution < -0.4 is 5.32 Å². The van der Waals surface area contributed by atoms with Crippen molar-refractivity contribution in [2.24, 2.45) is 0 Å². The van der Waals surface area contributed by atoms with Crippen molar-refractivity contribution < 1.29 is 4.79 Å². The molecule has 21 heavy (non-hydrogen) atoms. The fourth-order valence-corrected chi connectivity index (χ4v) is 3.19. The molecule has 0 aliphatic carbocycles. The van der Waals surface area contributed by atoms with Crippen LogP contribution in [0.25, 0.3) is 11.3 Å². The van der Waals surface area contributed by atoms with Gasteiger partial charge in [-0.25, -0.2) is 9.48 Å². The molecule has 2 aliphatic heterocycles. The van der Waals surface area contributed by atoms with Gasteiger partial charge in [-0.3, -0.25) is 0 Å². The third-order valence-electron chi connectivity index (χ3n) is 4.30. The number of benzene rings is 1. The highest BCUT2D eigenvalue weighted by Gasteiger charge is 2.38. The van der Waals surface area contributed by atoms with E-state index in [0.29, 0.717) is 12.6 Å². The van der Waals surface area contributed by atoms with Crippen LogP contribution in [-0.4, -0.2) is 44.6 Å². The summed E-state index contributed by atoms with van der Waals surface area (Å²) in [6.07, 6.45) is 4.02. The van der Waals surface area contributed by atoms with Crippen molar-refractivity contribution in [2.45, 2.75) is 31.5 Å². The molecular formula is C15H17N5O. The number of hydrogen-bond acceptors (Lipinski definition) is 3. The molecule has 6 heteroatoms. The van der Waals surface area contributed by atoms with Gasteiger partial charge < -0.3 is 10.2 Å². The van der Waals surface area contributed by atoms with Crippen molar-refractivity contribution >= 4 is 6.03 Å². The maximum absolute atomic E-state index is 11.9. The second-order valence-electron chi connectivity index (χ2n) is 5.72. The standard InChI is InChI=1S/C15H17N5O/c21-15-16-12-6-7-13(20(15)8-12)9-19-10-14(17-18-19)11-4-2-1-3-5-11/h1-5,10,12-13H,6-9H2,(H,16,21)/t12-,13+/m1/s1. The first-order chi connectivity index (χ1) is 10.3. The molecule has 2 saturated heterocycles. The number of rotatable bonds is 3. The molecule has 0 spiro atoms. The Bertz CT molecular complexity index is 653. The molecule has 3 heterocycles. The molecule has 1 aromatic heterocycles. The Hall–Kier alpha value is -2.37. The molecule has 2 amide bonds. The Morgan fingerprint density at radius 3 is 2.95 bits per heavy atom. The van der Waals surface area contributed by atoms with Gasteiger partial charge in [-0.1, -0.05) is 35.5 Å². The normalized spacial score (nSPS) is 24.2. The molecule has 1 aromatic carbocycles. The van der Waals surface area contributed by atoms with E-state index in [0.717, 1.165) is 30.6 Å². The van der Waals surface area contributed by atoms with E-state index < -0.39 is 0 Å². The zero-order chi connectivity index (χ0) is 14.2. The van der Waals surface area contributed by atoms with Gasteiger partial charge in [0, 0.05) is 18.2 Å². The van der Waals surface area contributed by atoms with E-state index in [4.69, 9.17) is 0 Å². The summed E-state index contributed by atoms with van der Waals surface area (Å²) in [5.74, 6) is 0. The van der Waals surface area contributed by atoms with Crippen molar-refractivity contribution in [2.75, 3.05) is 6.54 Å². The molecule has 2 bridgehead atoms. The molecule has 0 saturated carbocycles. The highest BCUT2D eigenvalue weighted by Crippen LogP contribution is 2.24. The van der Waals surface area contributed by atoms with E-state index in [-0.39, 0.29) is 12.1 Å². The lowest BCUT2D eigenvalue weighted by Gasteiger charge is -2.30. The quantitative estimate of drug-likeness (QED) is 0.928. The SMILES string of the molecule is O=C1N[C@@H]2CC[C@@H](Cn3cc(-c4ccccc4)nn3)N1C2. The van der Waals surface area contributed by atoms with Crippen LogP contribution in [0.5, 0.6) is 0 Å². The van der Waals surface area contributed by atoms with E-state index in [1.165, 1.54) is 0 Å². The van der Waals surface area contributed by atoms with Crippen LogP contribution in [0.3, 0.4) is 0 Å². The second-order valence-corrected chi connectivity index (χ2v) is 5.72. The molecule has 108 valence electrons. The van der Waals surface area contributed by atoms with Gasteiger partial charge >= 0.3 is 6.03 Å². The molecule has 0 radical (unpaired) electrons. The number of amides is 2. The Morgan fingerprint density at radius 2 is 2.10 bits per heavy atom. The average Bonchev–Trinajstić information content (AvgIpc) is 3.09. The lowest BCUT2D eigenvalue weighted by molar-refractivity contribution is 0.171. The minimum atomic E-state index is 0.0610. The third-order valence-corrected chi connectivity index (χ3v) is 4.30. The summed E-state index contributed by atoms with van der Waals surface area (Å²) >= 11 is 0. The summed E-state index contributed by atoms with van der Waals surface area (Å²) in [6, 6.07) is 10.6. The minimum Gasteiger partial charge on any atom is -0.333 e. The van der Waals surface area contributed by atoms with Gasteiger partial charge in [0.1, 0.15) is 5.69 Å². The fraction of sp³-hybridized carbons (Fsp3) is 0.400. The summed E-state index contributed by atoms with van der Waals surface area (Å²) < 4.78 is 1.85. The van der Waals surface area contributed by atoms with Crippen molar-refractivity contribution in [1.29, 1.82) is 0 Å². The maximum Gasteiger partial charge on any atom is 0.318 e. The number of carbonyl (C=O) groups is 1. The lowest BCUT2D eigenvalue weighted by Crippen LogP contribution is -2.42. The van der Waals surface area contributed by atoms with Gasteiger partial charge in [-0.05, 0) is 12.8 Å². The first-order valence-corrected chi connectivity index (χ1v) is 7.32.